The van der Waals surface area contributed by atoms with Crippen LogP contribution >= 0.6 is 0 Å². The molecule has 5 rings (SSSR count). The number of aryl methyl sites for hydroxylation is 1. The van der Waals surface area contributed by atoms with Crippen molar-refractivity contribution in [2.24, 2.45) is 0 Å². The Hall–Kier alpha value is -3.38. The Morgan fingerprint density at radius 2 is 1.89 bits per heavy atom. The molecule has 37 heavy (non-hydrogen) atoms. The molecule has 0 saturated carbocycles. The molecule has 0 unspecified atom stereocenters. The number of halogens is 1. The fraction of sp³-hybridized carbons (Fsp3) is 0.387. The molecule has 1 fully saturated rings. The van der Waals surface area contributed by atoms with E-state index < -0.39 is 0 Å². The van der Waals surface area contributed by atoms with Gasteiger partial charge in [-0.25, -0.2) is 4.98 Å². The molecule has 1 atom stereocenters. The van der Waals surface area contributed by atoms with Crippen LogP contribution in [0.5, 0.6) is 11.6 Å². The molecular weight excluding hydrogens is 465 g/mol. The Morgan fingerprint density at radius 1 is 1.05 bits per heavy atom. The monoisotopic (exact) mass is 501 g/mol. The van der Waals surface area contributed by atoms with E-state index >= 15 is 0 Å². The number of likely N-dealkylation sites (tertiary alicyclic amines) is 1. The first-order chi connectivity index (χ1) is 18.1. The summed E-state index contributed by atoms with van der Waals surface area (Å²) < 4.78 is 24.4. The lowest BCUT2D eigenvalue weighted by atomic mass is 9.88. The maximum atomic E-state index is 12.5. The van der Waals surface area contributed by atoms with Gasteiger partial charge in [0.25, 0.3) is 0 Å². The van der Waals surface area contributed by atoms with Crippen LogP contribution in [0.4, 0.5) is 10.1 Å². The second-order valence-electron chi connectivity index (χ2n) is 9.84. The van der Waals surface area contributed by atoms with E-state index in [2.05, 4.69) is 52.3 Å². The van der Waals surface area contributed by atoms with Gasteiger partial charge in [0.1, 0.15) is 11.9 Å². The minimum absolute atomic E-state index is 0.150. The highest BCUT2D eigenvalue weighted by molar-refractivity contribution is 6.00. The molecule has 5 nitrogen and oxygen atoms in total. The van der Waals surface area contributed by atoms with Gasteiger partial charge in [0.15, 0.2) is 0 Å². The fourth-order valence-electron chi connectivity index (χ4n) is 5.49. The number of benzene rings is 2. The van der Waals surface area contributed by atoms with E-state index in [0.717, 1.165) is 67.9 Å². The number of nitrogens with two attached hydrogens (primary N) is 1. The van der Waals surface area contributed by atoms with Gasteiger partial charge in [-0.15, -0.1) is 0 Å². The number of anilines is 1. The van der Waals surface area contributed by atoms with Gasteiger partial charge in [0.05, 0.1) is 13.3 Å². The fourth-order valence-corrected chi connectivity index (χ4v) is 5.49. The molecule has 0 amide bonds. The zero-order valence-electron chi connectivity index (χ0n) is 21.6. The SMILES string of the molecule is CCOc1ccc(C2=C(c3ccc(O[C@H]4CCN(CCCF)C4)cc3)c3ccc(N)cc3CCC2)cn1. The molecule has 194 valence electrons. The third-order valence-corrected chi connectivity index (χ3v) is 7.23. The quantitative estimate of drug-likeness (QED) is 0.355. The van der Waals surface area contributed by atoms with E-state index in [0.29, 0.717) is 18.9 Å². The Labute approximate surface area is 219 Å². The zero-order chi connectivity index (χ0) is 25.6. The Balaban J connectivity index is 1.45. The van der Waals surface area contributed by atoms with Gasteiger partial charge in [-0.2, -0.15) is 0 Å². The number of pyridine rings is 1. The van der Waals surface area contributed by atoms with Gasteiger partial charge in [0, 0.05) is 37.6 Å². The largest absolute Gasteiger partial charge is 0.489 e. The van der Waals surface area contributed by atoms with Crippen LogP contribution in [0.3, 0.4) is 0 Å². The van der Waals surface area contributed by atoms with Crippen molar-refractivity contribution in [3.63, 3.8) is 0 Å². The summed E-state index contributed by atoms with van der Waals surface area (Å²) in [4.78, 5) is 6.83. The van der Waals surface area contributed by atoms with E-state index in [4.69, 9.17) is 15.2 Å². The molecule has 1 aliphatic heterocycles. The Bertz CT molecular complexity index is 1220. The van der Waals surface area contributed by atoms with Crippen molar-refractivity contribution in [3.05, 3.63) is 83.0 Å². The maximum absolute atomic E-state index is 12.5. The number of nitrogen functional groups attached to an aromatic ring is 1. The van der Waals surface area contributed by atoms with Crippen molar-refractivity contribution in [2.75, 3.05) is 38.6 Å². The van der Waals surface area contributed by atoms with Crippen LogP contribution in [0.1, 0.15) is 54.9 Å². The van der Waals surface area contributed by atoms with Crippen LogP contribution < -0.4 is 15.2 Å². The summed E-state index contributed by atoms with van der Waals surface area (Å²) in [6.07, 6.45) is 6.63. The van der Waals surface area contributed by atoms with E-state index in [1.807, 2.05) is 25.3 Å². The number of fused-ring (bicyclic) bond motifs is 1. The lowest BCUT2D eigenvalue weighted by molar-refractivity contribution is 0.198. The number of hydrogen-bond acceptors (Lipinski definition) is 5. The number of rotatable bonds is 9. The number of nitrogens with zero attached hydrogens (tertiary/aromatic N) is 2. The van der Waals surface area contributed by atoms with Gasteiger partial charge >= 0.3 is 0 Å². The van der Waals surface area contributed by atoms with E-state index in [9.17, 15) is 4.39 Å². The van der Waals surface area contributed by atoms with Gasteiger partial charge in [-0.1, -0.05) is 18.2 Å². The normalized spacial score (nSPS) is 17.9. The van der Waals surface area contributed by atoms with Crippen LogP contribution in [0.2, 0.25) is 0 Å². The van der Waals surface area contributed by atoms with E-state index in [1.165, 1.54) is 22.3 Å². The average molecular weight is 502 g/mol. The first-order valence-electron chi connectivity index (χ1n) is 13.4. The summed E-state index contributed by atoms with van der Waals surface area (Å²) in [7, 11) is 0. The van der Waals surface area contributed by atoms with Crippen LogP contribution in [0.15, 0.2) is 60.8 Å². The standard InChI is InChI=1S/C31H36FN3O2/c1-2-36-30-14-9-24(20-34-30)28-6-3-5-23-19-25(33)10-13-29(23)31(28)22-7-11-26(12-8-22)37-27-15-18-35(21-27)17-4-16-32/h7-14,19-20,27H,2-6,15-18,21,33H2,1H3/t27-/m0/s1. The highest BCUT2D eigenvalue weighted by atomic mass is 19.1. The smallest absolute Gasteiger partial charge is 0.213 e. The molecule has 2 heterocycles. The van der Waals surface area contributed by atoms with Crippen LogP contribution in [0, 0.1) is 0 Å². The molecule has 0 spiro atoms. The third kappa shape index (κ3) is 5.96. The molecule has 1 aliphatic carbocycles. The first-order valence-corrected chi connectivity index (χ1v) is 13.4. The minimum atomic E-state index is -0.260. The van der Waals surface area contributed by atoms with Gasteiger partial charge in [-0.3, -0.25) is 9.29 Å². The molecule has 0 radical (unpaired) electrons. The highest BCUT2D eigenvalue weighted by Gasteiger charge is 2.24. The lowest BCUT2D eigenvalue weighted by Crippen LogP contribution is -2.26. The predicted octanol–water partition coefficient (Wildman–Crippen LogP) is 6.17. The molecule has 3 aromatic rings. The van der Waals surface area contributed by atoms with Crippen LogP contribution in [-0.4, -0.2) is 48.9 Å². The molecule has 0 bridgehead atoms. The van der Waals surface area contributed by atoms with Crippen molar-refractivity contribution < 1.29 is 13.9 Å². The molecule has 2 aliphatic rings. The Kier molecular flexibility index (Phi) is 8.05. The molecule has 6 heteroatoms. The summed E-state index contributed by atoms with van der Waals surface area (Å²) >= 11 is 0. The van der Waals surface area contributed by atoms with Crippen molar-refractivity contribution in [1.29, 1.82) is 0 Å². The second-order valence-corrected chi connectivity index (χ2v) is 9.84. The summed E-state index contributed by atoms with van der Waals surface area (Å²) in [6, 6.07) is 18.8. The number of ether oxygens (including phenoxy) is 2. The Morgan fingerprint density at radius 3 is 2.65 bits per heavy atom. The topological polar surface area (TPSA) is 60.6 Å². The van der Waals surface area contributed by atoms with Crippen molar-refractivity contribution >= 4 is 16.8 Å². The third-order valence-electron chi connectivity index (χ3n) is 7.23. The van der Waals surface area contributed by atoms with Crippen molar-refractivity contribution in [1.82, 2.24) is 9.88 Å². The highest BCUT2D eigenvalue weighted by Crippen LogP contribution is 2.40. The summed E-state index contributed by atoms with van der Waals surface area (Å²) in [6.45, 7) is 4.93. The number of allylic oxidation sites excluding steroid dienone is 1. The molecule has 2 N–H and O–H groups in total. The maximum Gasteiger partial charge on any atom is 0.213 e. The molecule has 2 aromatic carbocycles. The number of hydrogen-bond donors (Lipinski definition) is 1. The lowest BCUT2D eigenvalue weighted by Gasteiger charge is -2.19. The van der Waals surface area contributed by atoms with Crippen LogP contribution in [0.25, 0.3) is 11.1 Å². The van der Waals surface area contributed by atoms with Crippen LogP contribution in [-0.2, 0) is 6.42 Å². The van der Waals surface area contributed by atoms with Gasteiger partial charge < -0.3 is 15.2 Å². The first kappa shape index (κ1) is 25.3. The van der Waals surface area contributed by atoms with Gasteiger partial charge in [-0.05, 0) is 103 Å². The van der Waals surface area contributed by atoms with E-state index in [-0.39, 0.29) is 12.8 Å². The van der Waals surface area contributed by atoms with Crippen molar-refractivity contribution in [2.45, 2.75) is 45.1 Å². The second kappa shape index (κ2) is 11.8. The molecule has 1 aromatic heterocycles. The molecular formula is C31H36FN3O2. The minimum Gasteiger partial charge on any atom is -0.489 e. The molecule has 1 saturated heterocycles. The average Bonchev–Trinajstić information content (AvgIpc) is 3.27. The zero-order valence-corrected chi connectivity index (χ0v) is 21.6. The summed E-state index contributed by atoms with van der Waals surface area (Å²) in [5.41, 5.74) is 14.2. The summed E-state index contributed by atoms with van der Waals surface area (Å²) in [5, 5.41) is 0. The number of aromatic nitrogens is 1. The van der Waals surface area contributed by atoms with Crippen molar-refractivity contribution in [3.8, 4) is 11.6 Å². The predicted molar refractivity (Wildman–Crippen MR) is 148 cm³/mol. The van der Waals surface area contributed by atoms with E-state index in [1.54, 1.807) is 0 Å². The van der Waals surface area contributed by atoms with Gasteiger partial charge in [0.2, 0.25) is 5.88 Å². The summed E-state index contributed by atoms with van der Waals surface area (Å²) in [5.74, 6) is 1.52. The number of alkyl halides is 1.